The number of pyridine rings is 1. The topological polar surface area (TPSA) is 57.4 Å². The SMILES string of the molecule is Nc1ccc(OC2(c3ccc(Cl)cc3Cl)CCOCC2)nc1. The van der Waals surface area contributed by atoms with E-state index in [0.29, 0.717) is 47.7 Å². The van der Waals surface area contributed by atoms with Crippen LogP contribution in [0, 0.1) is 0 Å². The van der Waals surface area contributed by atoms with E-state index in [2.05, 4.69) is 4.98 Å². The Kier molecular flexibility index (Phi) is 4.43. The Morgan fingerprint density at radius 3 is 2.55 bits per heavy atom. The van der Waals surface area contributed by atoms with Crippen molar-refractivity contribution in [3.8, 4) is 5.88 Å². The molecule has 0 spiro atoms. The molecule has 0 bridgehead atoms. The summed E-state index contributed by atoms with van der Waals surface area (Å²) in [4.78, 5) is 4.23. The Morgan fingerprint density at radius 2 is 1.91 bits per heavy atom. The Morgan fingerprint density at radius 1 is 1.14 bits per heavy atom. The van der Waals surface area contributed by atoms with Crippen molar-refractivity contribution in [3.63, 3.8) is 0 Å². The van der Waals surface area contributed by atoms with Gasteiger partial charge in [0.25, 0.3) is 0 Å². The first-order chi connectivity index (χ1) is 10.6. The zero-order chi connectivity index (χ0) is 15.6. The van der Waals surface area contributed by atoms with E-state index in [-0.39, 0.29) is 0 Å². The van der Waals surface area contributed by atoms with Crippen molar-refractivity contribution in [3.05, 3.63) is 52.1 Å². The van der Waals surface area contributed by atoms with Gasteiger partial charge in [0.2, 0.25) is 5.88 Å². The van der Waals surface area contributed by atoms with Crippen LogP contribution in [0.5, 0.6) is 5.88 Å². The van der Waals surface area contributed by atoms with Gasteiger partial charge in [-0.3, -0.25) is 0 Å². The number of anilines is 1. The molecule has 0 saturated carbocycles. The monoisotopic (exact) mass is 338 g/mol. The first-order valence-electron chi connectivity index (χ1n) is 7.03. The summed E-state index contributed by atoms with van der Waals surface area (Å²) in [5.41, 5.74) is 6.60. The maximum atomic E-state index is 6.40. The average Bonchev–Trinajstić information content (AvgIpc) is 2.50. The van der Waals surface area contributed by atoms with E-state index in [1.165, 1.54) is 0 Å². The van der Waals surface area contributed by atoms with Crippen LogP contribution in [-0.4, -0.2) is 18.2 Å². The molecule has 22 heavy (non-hydrogen) atoms. The normalized spacial score (nSPS) is 17.2. The maximum Gasteiger partial charge on any atom is 0.214 e. The van der Waals surface area contributed by atoms with E-state index in [1.54, 1.807) is 24.4 Å². The number of rotatable bonds is 3. The highest BCUT2D eigenvalue weighted by Gasteiger charge is 2.39. The predicted molar refractivity (Wildman–Crippen MR) is 87.5 cm³/mol. The number of aromatic nitrogens is 1. The number of hydrogen-bond acceptors (Lipinski definition) is 4. The van der Waals surface area contributed by atoms with Crippen LogP contribution >= 0.6 is 23.2 Å². The van der Waals surface area contributed by atoms with Crippen LogP contribution in [0.25, 0.3) is 0 Å². The van der Waals surface area contributed by atoms with Crippen LogP contribution in [0.1, 0.15) is 18.4 Å². The molecule has 1 aliphatic heterocycles. The molecule has 0 atom stereocenters. The van der Waals surface area contributed by atoms with E-state index in [1.807, 2.05) is 12.1 Å². The van der Waals surface area contributed by atoms with Crippen LogP contribution in [0.4, 0.5) is 5.69 Å². The van der Waals surface area contributed by atoms with Crippen LogP contribution < -0.4 is 10.5 Å². The Balaban J connectivity index is 1.98. The second-order valence-corrected chi connectivity index (χ2v) is 6.11. The van der Waals surface area contributed by atoms with Crippen molar-refractivity contribution in [2.24, 2.45) is 0 Å². The largest absolute Gasteiger partial charge is 0.466 e. The van der Waals surface area contributed by atoms with Gasteiger partial charge in [0.15, 0.2) is 0 Å². The van der Waals surface area contributed by atoms with Crippen LogP contribution in [0.3, 0.4) is 0 Å². The lowest BCUT2D eigenvalue weighted by Gasteiger charge is -2.38. The second kappa shape index (κ2) is 6.32. The van der Waals surface area contributed by atoms with Gasteiger partial charge in [0.05, 0.1) is 25.1 Å². The van der Waals surface area contributed by atoms with E-state index in [9.17, 15) is 0 Å². The second-order valence-electron chi connectivity index (χ2n) is 5.26. The van der Waals surface area contributed by atoms with E-state index in [0.717, 1.165) is 5.56 Å². The molecule has 0 radical (unpaired) electrons. The predicted octanol–water partition coefficient (Wildman–Crippen LogP) is 4.06. The molecule has 1 aromatic heterocycles. The number of nitrogen functional groups attached to an aromatic ring is 1. The third-order valence-electron chi connectivity index (χ3n) is 3.78. The summed E-state index contributed by atoms with van der Waals surface area (Å²) in [6.07, 6.45) is 2.96. The van der Waals surface area contributed by atoms with Crippen LogP contribution in [-0.2, 0) is 10.3 Å². The van der Waals surface area contributed by atoms with E-state index in [4.69, 9.17) is 38.4 Å². The zero-order valence-corrected chi connectivity index (χ0v) is 13.4. The van der Waals surface area contributed by atoms with Crippen molar-refractivity contribution in [1.29, 1.82) is 0 Å². The van der Waals surface area contributed by atoms with Crippen LogP contribution in [0.15, 0.2) is 36.5 Å². The lowest BCUT2D eigenvalue weighted by atomic mass is 9.86. The molecule has 1 aliphatic rings. The molecule has 116 valence electrons. The fourth-order valence-electron chi connectivity index (χ4n) is 2.64. The lowest BCUT2D eigenvalue weighted by Crippen LogP contribution is -2.39. The fourth-order valence-corrected chi connectivity index (χ4v) is 3.22. The number of nitrogens with two attached hydrogens (primary N) is 1. The first kappa shape index (κ1) is 15.4. The van der Waals surface area contributed by atoms with Gasteiger partial charge in [-0.15, -0.1) is 0 Å². The highest BCUT2D eigenvalue weighted by atomic mass is 35.5. The molecule has 0 unspecified atom stereocenters. The zero-order valence-electron chi connectivity index (χ0n) is 11.9. The van der Waals surface area contributed by atoms with Gasteiger partial charge in [-0.2, -0.15) is 0 Å². The molecule has 1 saturated heterocycles. The number of benzene rings is 1. The van der Waals surface area contributed by atoms with Crippen molar-refractivity contribution >= 4 is 28.9 Å². The van der Waals surface area contributed by atoms with Gasteiger partial charge in [-0.1, -0.05) is 29.3 Å². The van der Waals surface area contributed by atoms with Crippen molar-refractivity contribution in [2.75, 3.05) is 18.9 Å². The lowest BCUT2D eigenvalue weighted by molar-refractivity contribution is -0.0522. The van der Waals surface area contributed by atoms with Crippen molar-refractivity contribution < 1.29 is 9.47 Å². The number of halogens is 2. The summed E-state index contributed by atoms with van der Waals surface area (Å²) in [6, 6.07) is 8.98. The smallest absolute Gasteiger partial charge is 0.214 e. The summed E-state index contributed by atoms with van der Waals surface area (Å²) < 4.78 is 11.7. The number of nitrogens with zero attached hydrogens (tertiary/aromatic N) is 1. The van der Waals surface area contributed by atoms with Gasteiger partial charge in [0, 0.05) is 34.5 Å². The molecule has 2 N–H and O–H groups in total. The van der Waals surface area contributed by atoms with Gasteiger partial charge in [0.1, 0.15) is 5.60 Å². The van der Waals surface area contributed by atoms with Gasteiger partial charge in [-0.05, 0) is 18.2 Å². The quantitative estimate of drug-likeness (QED) is 0.916. The van der Waals surface area contributed by atoms with Gasteiger partial charge >= 0.3 is 0 Å². The summed E-state index contributed by atoms with van der Waals surface area (Å²) >= 11 is 12.4. The average molecular weight is 339 g/mol. The molecule has 6 heteroatoms. The minimum absolute atomic E-state index is 0.516. The third kappa shape index (κ3) is 3.14. The molecule has 0 amide bonds. The Labute approximate surface area is 139 Å². The minimum Gasteiger partial charge on any atom is -0.466 e. The maximum absolute atomic E-state index is 6.40. The molecule has 1 aromatic carbocycles. The third-order valence-corrected chi connectivity index (χ3v) is 4.33. The molecule has 4 nitrogen and oxygen atoms in total. The standard InChI is InChI=1S/C16H16Cl2N2O2/c17-11-1-3-13(14(18)9-11)16(5-7-21-8-6-16)22-15-4-2-12(19)10-20-15/h1-4,9-10H,5-8,19H2. The molecule has 2 heterocycles. The minimum atomic E-state index is -0.566. The highest BCUT2D eigenvalue weighted by Crippen LogP contribution is 2.40. The summed E-state index contributed by atoms with van der Waals surface area (Å²) in [5, 5.41) is 1.19. The Hall–Kier alpha value is -1.49. The molecule has 0 aliphatic carbocycles. The van der Waals surface area contributed by atoms with Crippen molar-refractivity contribution in [2.45, 2.75) is 18.4 Å². The highest BCUT2D eigenvalue weighted by molar-refractivity contribution is 6.35. The summed E-state index contributed by atoms with van der Waals surface area (Å²) in [6.45, 7) is 1.21. The Bertz CT molecular complexity index is 656. The van der Waals surface area contributed by atoms with E-state index >= 15 is 0 Å². The van der Waals surface area contributed by atoms with Gasteiger partial charge in [-0.25, -0.2) is 4.98 Å². The fraction of sp³-hybridized carbons (Fsp3) is 0.312. The molecular formula is C16H16Cl2N2O2. The first-order valence-corrected chi connectivity index (χ1v) is 7.78. The van der Waals surface area contributed by atoms with Crippen molar-refractivity contribution in [1.82, 2.24) is 4.98 Å². The summed E-state index contributed by atoms with van der Waals surface area (Å²) in [5.74, 6) is 0.516. The molecule has 2 aromatic rings. The molecular weight excluding hydrogens is 323 g/mol. The summed E-state index contributed by atoms with van der Waals surface area (Å²) in [7, 11) is 0. The number of hydrogen-bond donors (Lipinski definition) is 1. The molecule has 1 fully saturated rings. The van der Waals surface area contributed by atoms with Gasteiger partial charge < -0.3 is 15.2 Å². The van der Waals surface area contributed by atoms with E-state index < -0.39 is 5.60 Å². The molecule has 3 rings (SSSR count). The van der Waals surface area contributed by atoms with Crippen LogP contribution in [0.2, 0.25) is 10.0 Å². The number of ether oxygens (including phenoxy) is 2.